The van der Waals surface area contributed by atoms with Gasteiger partial charge in [0.15, 0.2) is 0 Å². The molecule has 0 N–H and O–H groups in total. The molecular weight excluding hydrogens is 300 g/mol. The van der Waals surface area contributed by atoms with Gasteiger partial charge in [-0.05, 0) is 18.3 Å². The van der Waals surface area contributed by atoms with Crippen LogP contribution in [0.15, 0.2) is 4.40 Å². The second-order valence-corrected chi connectivity index (χ2v) is 9.29. The summed E-state index contributed by atoms with van der Waals surface area (Å²) in [5.74, 6) is 0.662. The average molecular weight is 330 g/mol. The summed E-state index contributed by atoms with van der Waals surface area (Å²) in [6, 6.07) is 0. The quantitative estimate of drug-likeness (QED) is 0.560. The van der Waals surface area contributed by atoms with Crippen molar-refractivity contribution < 1.29 is 8.42 Å². The van der Waals surface area contributed by atoms with Gasteiger partial charge in [-0.2, -0.15) is 0 Å². The summed E-state index contributed by atoms with van der Waals surface area (Å²) in [6.07, 6.45) is 3.42. The molecule has 0 aromatic rings. The zero-order chi connectivity index (χ0) is 16.4. The van der Waals surface area contributed by atoms with Crippen molar-refractivity contribution in [1.29, 1.82) is 0 Å². The predicted molar refractivity (Wildman–Crippen MR) is 90.6 cm³/mol. The van der Waals surface area contributed by atoms with Crippen molar-refractivity contribution in [1.82, 2.24) is 14.7 Å². The van der Waals surface area contributed by atoms with Crippen LogP contribution in [0.5, 0.6) is 0 Å². The van der Waals surface area contributed by atoms with E-state index in [0.29, 0.717) is 11.4 Å². The van der Waals surface area contributed by atoms with E-state index in [2.05, 4.69) is 39.9 Å². The van der Waals surface area contributed by atoms with Crippen LogP contribution in [0.4, 0.5) is 0 Å². The Morgan fingerprint density at radius 3 is 1.91 bits per heavy atom. The number of rotatable bonds is 2. The molecular formula is C15H30N4O2S. The van der Waals surface area contributed by atoms with Crippen LogP contribution in [0, 0.1) is 5.41 Å². The Morgan fingerprint density at radius 1 is 0.955 bits per heavy atom. The smallest absolute Gasteiger partial charge is 0.253 e. The Kier molecular flexibility index (Phi) is 5.37. The lowest BCUT2D eigenvalue weighted by Gasteiger charge is -2.40. The van der Waals surface area contributed by atoms with Crippen LogP contribution in [-0.4, -0.2) is 81.1 Å². The fraction of sp³-hybridized carbons (Fsp3) is 0.933. The molecule has 0 saturated carbocycles. The average Bonchev–Trinajstić information content (AvgIpc) is 2.87. The highest BCUT2D eigenvalue weighted by atomic mass is 32.2. The summed E-state index contributed by atoms with van der Waals surface area (Å²) >= 11 is 0. The molecule has 2 aliphatic rings. The number of hydrogen-bond acceptors (Lipinski definition) is 3. The molecule has 0 bridgehead atoms. The van der Waals surface area contributed by atoms with Crippen molar-refractivity contribution in [3.8, 4) is 0 Å². The molecule has 2 heterocycles. The standard InChI is InChI=1S/C15H30N4O2S/c1-15(2,3)13-17-9-11-19(12-10-17)14(16-22(4,20)21)18-7-5-6-8-18/h5-13H2,1-4H3. The number of hydrogen-bond donors (Lipinski definition) is 0. The third-order valence-electron chi connectivity index (χ3n) is 3.99. The van der Waals surface area contributed by atoms with E-state index in [4.69, 9.17) is 0 Å². The predicted octanol–water partition coefficient (Wildman–Crippen LogP) is 1.06. The fourth-order valence-electron chi connectivity index (χ4n) is 3.16. The summed E-state index contributed by atoms with van der Waals surface area (Å²) in [6.45, 7) is 13.3. The lowest BCUT2D eigenvalue weighted by atomic mass is 9.96. The molecule has 0 atom stereocenters. The monoisotopic (exact) mass is 330 g/mol. The van der Waals surface area contributed by atoms with E-state index in [1.54, 1.807) is 0 Å². The molecule has 128 valence electrons. The first-order chi connectivity index (χ1) is 10.1. The van der Waals surface area contributed by atoms with Crippen LogP contribution in [0.2, 0.25) is 0 Å². The van der Waals surface area contributed by atoms with E-state index in [0.717, 1.165) is 58.7 Å². The molecule has 0 radical (unpaired) electrons. The molecule has 2 fully saturated rings. The first kappa shape index (κ1) is 17.5. The van der Waals surface area contributed by atoms with Crippen LogP contribution in [0.25, 0.3) is 0 Å². The maximum Gasteiger partial charge on any atom is 0.253 e. The van der Waals surface area contributed by atoms with Crippen molar-refractivity contribution >= 4 is 16.0 Å². The van der Waals surface area contributed by atoms with E-state index in [1.807, 2.05) is 0 Å². The van der Waals surface area contributed by atoms with Gasteiger partial charge in [-0.1, -0.05) is 20.8 Å². The Bertz CT molecular complexity index is 496. The number of sulfonamides is 1. The third-order valence-corrected chi connectivity index (χ3v) is 4.48. The molecule has 7 heteroatoms. The van der Waals surface area contributed by atoms with Crippen molar-refractivity contribution in [3.05, 3.63) is 0 Å². The highest BCUT2D eigenvalue weighted by molar-refractivity contribution is 7.89. The van der Waals surface area contributed by atoms with Crippen molar-refractivity contribution in [2.45, 2.75) is 33.6 Å². The second-order valence-electron chi connectivity index (χ2n) is 7.64. The number of piperazine rings is 1. The Hall–Kier alpha value is -0.820. The first-order valence-corrected chi connectivity index (χ1v) is 10.0. The van der Waals surface area contributed by atoms with Crippen LogP contribution >= 0.6 is 0 Å². The first-order valence-electron chi connectivity index (χ1n) is 8.16. The minimum absolute atomic E-state index is 0.292. The maximum absolute atomic E-state index is 11.6. The molecule has 0 aromatic carbocycles. The largest absolute Gasteiger partial charge is 0.342 e. The van der Waals surface area contributed by atoms with Crippen LogP contribution in [0.1, 0.15) is 33.6 Å². The van der Waals surface area contributed by atoms with E-state index in [-0.39, 0.29) is 0 Å². The molecule has 0 aromatic heterocycles. The second kappa shape index (κ2) is 6.74. The number of guanidine groups is 1. The number of nitrogens with zero attached hydrogens (tertiary/aromatic N) is 4. The van der Waals surface area contributed by atoms with E-state index >= 15 is 0 Å². The molecule has 0 amide bonds. The summed E-state index contributed by atoms with van der Waals surface area (Å²) in [5.41, 5.74) is 0.292. The molecule has 22 heavy (non-hydrogen) atoms. The minimum Gasteiger partial charge on any atom is -0.342 e. The molecule has 0 unspecified atom stereocenters. The number of likely N-dealkylation sites (tertiary alicyclic amines) is 1. The highest BCUT2D eigenvalue weighted by Crippen LogP contribution is 2.18. The summed E-state index contributed by atoms with van der Waals surface area (Å²) < 4.78 is 27.3. The lowest BCUT2D eigenvalue weighted by molar-refractivity contribution is 0.130. The van der Waals surface area contributed by atoms with Gasteiger partial charge in [0, 0.05) is 45.8 Å². The van der Waals surface area contributed by atoms with Gasteiger partial charge in [-0.15, -0.1) is 4.40 Å². The van der Waals surface area contributed by atoms with E-state index in [1.165, 1.54) is 6.26 Å². The Morgan fingerprint density at radius 2 is 1.45 bits per heavy atom. The minimum atomic E-state index is -3.36. The SMILES string of the molecule is CC(C)(C)CN1CCN(C(=NS(C)(=O)=O)N2CCCC2)CC1. The van der Waals surface area contributed by atoms with E-state index in [9.17, 15) is 8.42 Å². The van der Waals surface area contributed by atoms with Crippen molar-refractivity contribution in [2.75, 3.05) is 52.1 Å². The molecule has 0 spiro atoms. The fourth-order valence-corrected chi connectivity index (χ4v) is 3.69. The van der Waals surface area contributed by atoms with Gasteiger partial charge in [0.25, 0.3) is 10.0 Å². The van der Waals surface area contributed by atoms with Gasteiger partial charge >= 0.3 is 0 Å². The molecule has 2 aliphatic heterocycles. The van der Waals surface area contributed by atoms with Gasteiger partial charge in [0.2, 0.25) is 5.96 Å². The van der Waals surface area contributed by atoms with Crippen LogP contribution in [0.3, 0.4) is 0 Å². The molecule has 2 saturated heterocycles. The maximum atomic E-state index is 11.6. The van der Waals surface area contributed by atoms with Gasteiger partial charge < -0.3 is 9.80 Å². The summed E-state index contributed by atoms with van der Waals surface area (Å²) in [4.78, 5) is 6.73. The van der Waals surface area contributed by atoms with Gasteiger partial charge in [-0.3, -0.25) is 4.90 Å². The Balaban J connectivity index is 2.03. The lowest BCUT2D eigenvalue weighted by Crippen LogP contribution is -2.54. The highest BCUT2D eigenvalue weighted by Gasteiger charge is 2.28. The van der Waals surface area contributed by atoms with Gasteiger partial charge in [0.05, 0.1) is 6.26 Å². The summed E-state index contributed by atoms with van der Waals surface area (Å²) in [7, 11) is -3.36. The van der Waals surface area contributed by atoms with E-state index < -0.39 is 10.0 Å². The van der Waals surface area contributed by atoms with Gasteiger partial charge in [-0.25, -0.2) is 8.42 Å². The normalized spacial score (nSPS) is 22.5. The molecule has 0 aliphatic carbocycles. The van der Waals surface area contributed by atoms with Crippen LogP contribution < -0.4 is 0 Å². The zero-order valence-electron chi connectivity index (χ0n) is 14.4. The zero-order valence-corrected chi connectivity index (χ0v) is 15.2. The van der Waals surface area contributed by atoms with Gasteiger partial charge in [0.1, 0.15) is 0 Å². The Labute approximate surface area is 135 Å². The van der Waals surface area contributed by atoms with Crippen molar-refractivity contribution in [2.24, 2.45) is 9.81 Å². The van der Waals surface area contributed by atoms with Crippen molar-refractivity contribution in [3.63, 3.8) is 0 Å². The molecule has 2 rings (SSSR count). The summed E-state index contributed by atoms with van der Waals surface area (Å²) in [5, 5.41) is 0. The topological polar surface area (TPSA) is 56.2 Å². The third kappa shape index (κ3) is 5.43. The molecule has 6 nitrogen and oxygen atoms in total. The van der Waals surface area contributed by atoms with Crippen LogP contribution in [-0.2, 0) is 10.0 Å².